The summed E-state index contributed by atoms with van der Waals surface area (Å²) in [4.78, 5) is 22.3. The predicted molar refractivity (Wildman–Crippen MR) is 113 cm³/mol. The molecule has 0 bridgehead atoms. The molecule has 0 saturated carbocycles. The van der Waals surface area contributed by atoms with Gasteiger partial charge in [0.2, 0.25) is 11.7 Å². The molecule has 1 N–H and O–H groups in total. The number of amides is 1. The minimum absolute atomic E-state index is 0.149. The summed E-state index contributed by atoms with van der Waals surface area (Å²) in [6.07, 6.45) is 5.74. The molecule has 0 aliphatic rings. The van der Waals surface area contributed by atoms with E-state index in [1.807, 2.05) is 66.9 Å². The fourth-order valence-corrected chi connectivity index (χ4v) is 3.52. The van der Waals surface area contributed by atoms with E-state index in [-0.39, 0.29) is 5.91 Å². The number of hydrogen-bond donors (Lipinski definition) is 1. The Bertz CT molecular complexity index is 1130. The molecule has 0 saturated heterocycles. The van der Waals surface area contributed by atoms with Crippen molar-refractivity contribution in [1.29, 1.82) is 0 Å². The van der Waals surface area contributed by atoms with Crippen LogP contribution in [0.4, 0.5) is 5.69 Å². The van der Waals surface area contributed by atoms with E-state index >= 15 is 0 Å². The number of carbonyl (C=O) groups is 1. The topological polar surface area (TPSA) is 80.9 Å². The molecule has 2 aromatic carbocycles. The van der Waals surface area contributed by atoms with Gasteiger partial charge in [0.05, 0.1) is 12.0 Å². The molecule has 0 atom stereocenters. The van der Waals surface area contributed by atoms with Crippen LogP contribution in [0.2, 0.25) is 0 Å². The highest BCUT2D eigenvalue weighted by Gasteiger charge is 2.15. The molecule has 0 aliphatic carbocycles. The van der Waals surface area contributed by atoms with Crippen LogP contribution in [0.1, 0.15) is 21.8 Å². The summed E-state index contributed by atoms with van der Waals surface area (Å²) >= 11 is 1.54. The summed E-state index contributed by atoms with van der Waals surface area (Å²) in [6, 6.07) is 18.8. The lowest BCUT2D eigenvalue weighted by molar-refractivity contribution is 0.102. The first-order chi connectivity index (χ1) is 14.2. The van der Waals surface area contributed by atoms with Gasteiger partial charge in [0, 0.05) is 28.5 Å². The van der Waals surface area contributed by atoms with Crippen molar-refractivity contribution >= 4 is 23.4 Å². The first kappa shape index (κ1) is 18.9. The van der Waals surface area contributed by atoms with Crippen molar-refractivity contribution in [2.75, 3.05) is 11.6 Å². The van der Waals surface area contributed by atoms with Gasteiger partial charge in [0.1, 0.15) is 0 Å². The lowest BCUT2D eigenvalue weighted by Gasteiger charge is -2.11. The Morgan fingerprint density at radius 3 is 2.72 bits per heavy atom. The zero-order valence-electron chi connectivity index (χ0n) is 15.7. The van der Waals surface area contributed by atoms with Gasteiger partial charge in [-0.3, -0.25) is 9.78 Å². The molecule has 2 heterocycles. The fourth-order valence-electron chi connectivity index (χ4n) is 2.92. The van der Waals surface area contributed by atoms with Gasteiger partial charge in [-0.25, -0.2) is 0 Å². The highest BCUT2D eigenvalue weighted by atomic mass is 32.2. The Morgan fingerprint density at radius 2 is 1.90 bits per heavy atom. The maximum atomic E-state index is 12.8. The zero-order chi connectivity index (χ0) is 20.1. The van der Waals surface area contributed by atoms with Crippen LogP contribution in [0.5, 0.6) is 0 Å². The molecule has 4 aromatic rings. The van der Waals surface area contributed by atoms with Gasteiger partial charge in [0.15, 0.2) is 0 Å². The molecular weight excluding hydrogens is 384 g/mol. The second kappa shape index (κ2) is 8.70. The molecule has 0 spiro atoms. The van der Waals surface area contributed by atoms with Gasteiger partial charge < -0.3 is 9.84 Å². The molecule has 1 amide bonds. The minimum atomic E-state index is -0.149. The largest absolute Gasteiger partial charge is 0.339 e. The van der Waals surface area contributed by atoms with Crippen LogP contribution in [-0.2, 0) is 6.42 Å². The van der Waals surface area contributed by atoms with Gasteiger partial charge in [-0.05, 0) is 42.2 Å². The maximum absolute atomic E-state index is 12.8. The summed E-state index contributed by atoms with van der Waals surface area (Å²) in [5.41, 5.74) is 3.04. The van der Waals surface area contributed by atoms with Crippen molar-refractivity contribution in [2.24, 2.45) is 0 Å². The number of hydrogen-bond acceptors (Lipinski definition) is 6. The summed E-state index contributed by atoms with van der Waals surface area (Å²) in [5.74, 6) is 0.808. The van der Waals surface area contributed by atoms with Crippen molar-refractivity contribution in [1.82, 2.24) is 15.1 Å². The highest BCUT2D eigenvalue weighted by Crippen LogP contribution is 2.24. The van der Waals surface area contributed by atoms with Crippen LogP contribution < -0.4 is 5.32 Å². The lowest BCUT2D eigenvalue weighted by Crippen LogP contribution is -2.14. The van der Waals surface area contributed by atoms with Crippen molar-refractivity contribution in [3.63, 3.8) is 0 Å². The number of pyridine rings is 1. The summed E-state index contributed by atoms with van der Waals surface area (Å²) in [5, 5.41) is 7.04. The van der Waals surface area contributed by atoms with E-state index in [1.165, 1.54) is 0 Å². The van der Waals surface area contributed by atoms with Crippen molar-refractivity contribution < 1.29 is 9.32 Å². The Hall–Kier alpha value is -3.45. The quantitative estimate of drug-likeness (QED) is 0.471. The molecular formula is C22H18N4O2S. The molecule has 144 valence electrons. The normalized spacial score (nSPS) is 10.7. The minimum Gasteiger partial charge on any atom is -0.339 e. The molecule has 2 aromatic heterocycles. The average Bonchev–Trinajstić information content (AvgIpc) is 3.24. The molecule has 29 heavy (non-hydrogen) atoms. The Labute approximate surface area is 172 Å². The maximum Gasteiger partial charge on any atom is 0.256 e. The van der Waals surface area contributed by atoms with Gasteiger partial charge in [-0.2, -0.15) is 4.98 Å². The molecule has 4 rings (SSSR count). The summed E-state index contributed by atoms with van der Waals surface area (Å²) in [6.45, 7) is 0. The molecule has 0 radical (unpaired) electrons. The van der Waals surface area contributed by atoms with E-state index in [1.54, 1.807) is 24.2 Å². The SMILES string of the molecule is CSc1ccccc1C(=O)Nc1ccccc1Cc1nc(-c2cccnc2)no1. The first-order valence-corrected chi connectivity index (χ1v) is 10.2. The molecule has 7 heteroatoms. The lowest BCUT2D eigenvalue weighted by atomic mass is 10.1. The van der Waals surface area contributed by atoms with E-state index in [0.29, 0.717) is 23.7 Å². The monoisotopic (exact) mass is 402 g/mol. The van der Waals surface area contributed by atoms with Gasteiger partial charge in [-0.1, -0.05) is 35.5 Å². The third-order valence-corrected chi connectivity index (χ3v) is 5.14. The number of aromatic nitrogens is 3. The Morgan fingerprint density at radius 1 is 1.07 bits per heavy atom. The molecule has 0 unspecified atom stereocenters. The summed E-state index contributed by atoms with van der Waals surface area (Å²) < 4.78 is 5.40. The van der Waals surface area contributed by atoms with Crippen LogP contribution in [0.25, 0.3) is 11.4 Å². The van der Waals surface area contributed by atoms with E-state index in [9.17, 15) is 4.79 Å². The van der Waals surface area contributed by atoms with Crippen molar-refractivity contribution in [2.45, 2.75) is 11.3 Å². The number of thioether (sulfide) groups is 1. The summed E-state index contributed by atoms with van der Waals surface area (Å²) in [7, 11) is 0. The zero-order valence-corrected chi connectivity index (χ0v) is 16.5. The van der Waals surface area contributed by atoms with E-state index in [0.717, 1.165) is 21.7 Å². The molecule has 0 aliphatic heterocycles. The number of benzene rings is 2. The van der Waals surface area contributed by atoms with Crippen LogP contribution in [0.15, 0.2) is 82.5 Å². The van der Waals surface area contributed by atoms with Crippen molar-refractivity contribution in [3.8, 4) is 11.4 Å². The first-order valence-electron chi connectivity index (χ1n) is 9.00. The number of nitrogens with zero attached hydrogens (tertiary/aromatic N) is 3. The fraction of sp³-hybridized carbons (Fsp3) is 0.0909. The van der Waals surface area contributed by atoms with Crippen LogP contribution in [-0.4, -0.2) is 27.3 Å². The standard InChI is InChI=1S/C22H18N4O2S/c1-29-19-11-5-3-9-17(19)22(27)24-18-10-4-2-7-15(18)13-20-25-21(26-28-20)16-8-6-12-23-14-16/h2-12,14H,13H2,1H3,(H,24,27). The Kier molecular flexibility index (Phi) is 5.67. The third-order valence-electron chi connectivity index (χ3n) is 4.35. The van der Waals surface area contributed by atoms with Crippen molar-refractivity contribution in [3.05, 3.63) is 90.1 Å². The number of anilines is 1. The van der Waals surface area contributed by atoms with E-state index < -0.39 is 0 Å². The highest BCUT2D eigenvalue weighted by molar-refractivity contribution is 7.98. The second-order valence-corrected chi connectivity index (χ2v) is 7.09. The van der Waals surface area contributed by atoms with E-state index in [2.05, 4.69) is 20.4 Å². The number of rotatable bonds is 6. The second-order valence-electron chi connectivity index (χ2n) is 6.24. The van der Waals surface area contributed by atoms with Gasteiger partial charge in [0.25, 0.3) is 5.91 Å². The van der Waals surface area contributed by atoms with E-state index in [4.69, 9.17) is 4.52 Å². The van der Waals surface area contributed by atoms with Gasteiger partial charge >= 0.3 is 0 Å². The Balaban J connectivity index is 1.55. The van der Waals surface area contributed by atoms with Gasteiger partial charge in [-0.15, -0.1) is 11.8 Å². The average molecular weight is 402 g/mol. The third kappa shape index (κ3) is 4.35. The smallest absolute Gasteiger partial charge is 0.256 e. The number of carbonyl (C=O) groups excluding carboxylic acids is 1. The molecule has 0 fully saturated rings. The predicted octanol–water partition coefficient (Wildman–Crippen LogP) is 4.70. The number of para-hydroxylation sites is 1. The molecule has 6 nitrogen and oxygen atoms in total. The van der Waals surface area contributed by atoms with Crippen LogP contribution >= 0.6 is 11.8 Å². The van der Waals surface area contributed by atoms with Crippen LogP contribution in [0.3, 0.4) is 0 Å². The van der Waals surface area contributed by atoms with Crippen LogP contribution in [0, 0.1) is 0 Å². The number of nitrogens with one attached hydrogen (secondary N) is 1.